The normalized spacial score (nSPS) is 15.8. The molecule has 2 rings (SSSR count). The third-order valence-electron chi connectivity index (χ3n) is 2.88. The van der Waals surface area contributed by atoms with Crippen molar-refractivity contribution in [2.45, 2.75) is 38.2 Å². The zero-order chi connectivity index (χ0) is 14.0. The van der Waals surface area contributed by atoms with Gasteiger partial charge in [-0.15, -0.1) is 0 Å². The van der Waals surface area contributed by atoms with Gasteiger partial charge in [-0.2, -0.15) is 8.78 Å². The standard InChI is InChI=1S/C12H14F2N2O3/c1-12(13,14)9-10(19-7-4-3-5-7)16-8(6-15-9)11(17)18-2/h6-7H,3-5H2,1-2H3. The number of halogens is 2. The fourth-order valence-electron chi connectivity index (χ4n) is 1.60. The Labute approximate surface area is 109 Å². The number of alkyl halides is 2. The number of methoxy groups -OCH3 is 1. The summed E-state index contributed by atoms with van der Waals surface area (Å²) >= 11 is 0. The predicted molar refractivity (Wildman–Crippen MR) is 61.2 cm³/mol. The van der Waals surface area contributed by atoms with E-state index < -0.39 is 17.6 Å². The van der Waals surface area contributed by atoms with E-state index in [2.05, 4.69) is 14.7 Å². The fraction of sp³-hybridized carbons (Fsp3) is 0.583. The summed E-state index contributed by atoms with van der Waals surface area (Å²) < 4.78 is 36.7. The molecule has 1 aliphatic carbocycles. The molecule has 19 heavy (non-hydrogen) atoms. The Morgan fingerprint density at radius 3 is 2.63 bits per heavy atom. The van der Waals surface area contributed by atoms with Crippen LogP contribution < -0.4 is 4.74 Å². The average Bonchev–Trinajstić information content (AvgIpc) is 2.31. The number of aromatic nitrogens is 2. The summed E-state index contributed by atoms with van der Waals surface area (Å²) in [4.78, 5) is 18.7. The van der Waals surface area contributed by atoms with Crippen molar-refractivity contribution in [3.63, 3.8) is 0 Å². The van der Waals surface area contributed by atoms with Crippen LogP contribution in [0.25, 0.3) is 0 Å². The molecular formula is C12H14F2N2O3. The van der Waals surface area contributed by atoms with Crippen molar-refractivity contribution in [2.24, 2.45) is 0 Å². The Balaban J connectivity index is 2.34. The van der Waals surface area contributed by atoms with E-state index in [1.807, 2.05) is 0 Å². The van der Waals surface area contributed by atoms with Gasteiger partial charge in [-0.1, -0.05) is 0 Å². The van der Waals surface area contributed by atoms with Crippen LogP contribution in [0.3, 0.4) is 0 Å². The van der Waals surface area contributed by atoms with Crippen molar-refractivity contribution in [2.75, 3.05) is 7.11 Å². The van der Waals surface area contributed by atoms with Crippen LogP contribution in [0.5, 0.6) is 5.88 Å². The van der Waals surface area contributed by atoms with Crippen molar-refractivity contribution < 1.29 is 23.0 Å². The zero-order valence-electron chi connectivity index (χ0n) is 10.7. The summed E-state index contributed by atoms with van der Waals surface area (Å²) in [6.45, 7) is 0.711. The van der Waals surface area contributed by atoms with Crippen LogP contribution in [-0.4, -0.2) is 29.2 Å². The first-order valence-electron chi connectivity index (χ1n) is 5.92. The van der Waals surface area contributed by atoms with E-state index >= 15 is 0 Å². The predicted octanol–water partition coefficient (Wildman–Crippen LogP) is 2.31. The molecule has 1 aromatic heterocycles. The van der Waals surface area contributed by atoms with E-state index in [0.29, 0.717) is 6.92 Å². The lowest BCUT2D eigenvalue weighted by atomic mass is 9.96. The van der Waals surface area contributed by atoms with Gasteiger partial charge < -0.3 is 9.47 Å². The van der Waals surface area contributed by atoms with Gasteiger partial charge in [0.2, 0.25) is 5.88 Å². The Hall–Kier alpha value is -1.79. The lowest BCUT2D eigenvalue weighted by Gasteiger charge is -2.27. The summed E-state index contributed by atoms with van der Waals surface area (Å²) in [5, 5.41) is 0. The van der Waals surface area contributed by atoms with Gasteiger partial charge in [-0.25, -0.2) is 14.8 Å². The molecule has 104 valence electrons. The highest BCUT2D eigenvalue weighted by Gasteiger charge is 2.34. The molecule has 0 unspecified atom stereocenters. The molecule has 0 spiro atoms. The summed E-state index contributed by atoms with van der Waals surface area (Å²) in [5.74, 6) is -4.21. The first-order valence-corrected chi connectivity index (χ1v) is 5.92. The van der Waals surface area contributed by atoms with Crippen LogP contribution in [0, 0.1) is 0 Å². The van der Waals surface area contributed by atoms with E-state index in [4.69, 9.17) is 4.74 Å². The van der Waals surface area contributed by atoms with Gasteiger partial charge in [0.15, 0.2) is 11.4 Å². The highest BCUT2D eigenvalue weighted by atomic mass is 19.3. The second kappa shape index (κ2) is 5.07. The van der Waals surface area contributed by atoms with Crippen molar-refractivity contribution in [1.82, 2.24) is 9.97 Å². The number of esters is 1. The number of carbonyl (C=O) groups is 1. The molecule has 0 atom stereocenters. The minimum absolute atomic E-state index is 0.136. The Kier molecular flexibility index (Phi) is 3.64. The largest absolute Gasteiger partial charge is 0.473 e. The number of ether oxygens (including phenoxy) is 2. The number of hydrogen-bond donors (Lipinski definition) is 0. The summed E-state index contributed by atoms with van der Waals surface area (Å²) in [5.41, 5.74) is -0.711. The molecule has 7 heteroatoms. The van der Waals surface area contributed by atoms with Gasteiger partial charge in [-0.3, -0.25) is 0 Å². The Bertz CT molecular complexity index is 484. The molecule has 0 radical (unpaired) electrons. The quantitative estimate of drug-likeness (QED) is 0.787. The van der Waals surface area contributed by atoms with Gasteiger partial charge in [0, 0.05) is 6.92 Å². The molecular weight excluding hydrogens is 258 g/mol. The second-order valence-electron chi connectivity index (χ2n) is 4.46. The number of hydrogen-bond acceptors (Lipinski definition) is 5. The number of nitrogens with zero attached hydrogens (tertiary/aromatic N) is 2. The van der Waals surface area contributed by atoms with Crippen molar-refractivity contribution in [1.29, 1.82) is 0 Å². The molecule has 1 fully saturated rings. The molecule has 1 aliphatic rings. The van der Waals surface area contributed by atoms with E-state index in [1.54, 1.807) is 0 Å². The number of rotatable bonds is 4. The topological polar surface area (TPSA) is 61.3 Å². The SMILES string of the molecule is COC(=O)c1cnc(C(C)(F)F)c(OC2CCC2)n1. The van der Waals surface area contributed by atoms with Gasteiger partial charge in [-0.05, 0) is 19.3 Å². The molecule has 0 bridgehead atoms. The fourth-order valence-corrected chi connectivity index (χ4v) is 1.60. The van der Waals surface area contributed by atoms with E-state index in [1.165, 1.54) is 7.11 Å². The van der Waals surface area contributed by atoms with E-state index in [9.17, 15) is 13.6 Å². The third-order valence-corrected chi connectivity index (χ3v) is 2.88. The van der Waals surface area contributed by atoms with Crippen LogP contribution in [-0.2, 0) is 10.7 Å². The summed E-state index contributed by atoms with van der Waals surface area (Å²) in [7, 11) is 1.18. The maximum atomic E-state index is 13.4. The third kappa shape index (κ3) is 2.97. The number of carbonyl (C=O) groups excluding carboxylic acids is 1. The highest BCUT2D eigenvalue weighted by molar-refractivity contribution is 5.86. The van der Waals surface area contributed by atoms with Gasteiger partial charge >= 0.3 is 5.97 Å². The molecule has 1 heterocycles. The van der Waals surface area contributed by atoms with Crippen LogP contribution >= 0.6 is 0 Å². The molecule has 0 aromatic carbocycles. The first-order chi connectivity index (χ1) is 8.91. The molecule has 0 amide bonds. The van der Waals surface area contributed by atoms with Gasteiger partial charge in [0.1, 0.15) is 6.10 Å². The monoisotopic (exact) mass is 272 g/mol. The van der Waals surface area contributed by atoms with Crippen molar-refractivity contribution in [3.05, 3.63) is 17.6 Å². The lowest BCUT2D eigenvalue weighted by molar-refractivity contribution is 0.00438. The molecule has 0 aliphatic heterocycles. The molecule has 1 saturated carbocycles. The smallest absolute Gasteiger partial charge is 0.358 e. The minimum Gasteiger partial charge on any atom is -0.473 e. The zero-order valence-corrected chi connectivity index (χ0v) is 10.7. The van der Waals surface area contributed by atoms with E-state index in [-0.39, 0.29) is 17.7 Å². The van der Waals surface area contributed by atoms with Crippen LogP contribution in [0.15, 0.2) is 6.20 Å². The average molecular weight is 272 g/mol. The lowest BCUT2D eigenvalue weighted by Crippen LogP contribution is -2.27. The second-order valence-corrected chi connectivity index (χ2v) is 4.46. The highest BCUT2D eigenvalue weighted by Crippen LogP contribution is 2.34. The van der Waals surface area contributed by atoms with Crippen LogP contribution in [0.4, 0.5) is 8.78 Å². The maximum absolute atomic E-state index is 13.4. The van der Waals surface area contributed by atoms with Crippen LogP contribution in [0.1, 0.15) is 42.4 Å². The maximum Gasteiger partial charge on any atom is 0.358 e. The molecule has 1 aromatic rings. The molecule has 0 saturated heterocycles. The minimum atomic E-state index is -3.18. The van der Waals surface area contributed by atoms with Gasteiger partial charge in [0.05, 0.1) is 13.3 Å². The first kappa shape index (κ1) is 13.6. The van der Waals surface area contributed by atoms with Gasteiger partial charge in [0.25, 0.3) is 5.92 Å². The summed E-state index contributed by atoms with van der Waals surface area (Å²) in [6, 6.07) is 0. The van der Waals surface area contributed by atoms with Crippen LogP contribution in [0.2, 0.25) is 0 Å². The summed E-state index contributed by atoms with van der Waals surface area (Å²) in [6.07, 6.45) is 3.40. The Morgan fingerprint density at radius 1 is 1.47 bits per heavy atom. The Morgan fingerprint density at radius 2 is 2.16 bits per heavy atom. The van der Waals surface area contributed by atoms with Crippen molar-refractivity contribution >= 4 is 5.97 Å². The van der Waals surface area contributed by atoms with E-state index in [0.717, 1.165) is 25.5 Å². The molecule has 0 N–H and O–H groups in total. The molecule has 5 nitrogen and oxygen atoms in total. The van der Waals surface area contributed by atoms with Crippen molar-refractivity contribution in [3.8, 4) is 5.88 Å².